The Balaban J connectivity index is 1.34. The molecule has 1 aromatic heterocycles. The summed E-state index contributed by atoms with van der Waals surface area (Å²) >= 11 is 1.47. The molecule has 1 unspecified atom stereocenters. The van der Waals surface area contributed by atoms with E-state index in [-0.39, 0.29) is 11.9 Å². The van der Waals surface area contributed by atoms with Crippen molar-refractivity contribution in [1.29, 1.82) is 0 Å². The van der Waals surface area contributed by atoms with Gasteiger partial charge in [-0.1, -0.05) is 11.3 Å². The molecule has 1 N–H and O–H groups in total. The molecular formula is C20H28N4O3S. The van der Waals surface area contributed by atoms with Gasteiger partial charge in [0.05, 0.1) is 6.20 Å². The number of hydrogen-bond acceptors (Lipinski definition) is 7. The maximum atomic E-state index is 12.1. The number of thiazole rings is 1. The molecule has 8 heteroatoms. The fourth-order valence-corrected chi connectivity index (χ4v) is 4.72. The van der Waals surface area contributed by atoms with Crippen LogP contribution < -0.4 is 10.2 Å². The first kappa shape index (κ1) is 19.3. The number of allylic oxidation sites excluding steroid dienone is 2. The molecule has 0 spiro atoms. The predicted molar refractivity (Wildman–Crippen MR) is 109 cm³/mol. The molecule has 3 aliphatic rings. The van der Waals surface area contributed by atoms with E-state index in [4.69, 9.17) is 9.47 Å². The first-order valence-electron chi connectivity index (χ1n) is 9.96. The van der Waals surface area contributed by atoms with Crippen LogP contribution in [-0.4, -0.2) is 60.8 Å². The lowest BCUT2D eigenvalue weighted by atomic mass is 9.95. The Bertz CT molecular complexity index is 793. The second kappa shape index (κ2) is 8.13. The third-order valence-corrected chi connectivity index (χ3v) is 6.54. The minimum atomic E-state index is -0.0398. The van der Waals surface area contributed by atoms with E-state index < -0.39 is 0 Å². The van der Waals surface area contributed by atoms with Gasteiger partial charge in [-0.2, -0.15) is 0 Å². The van der Waals surface area contributed by atoms with Crippen molar-refractivity contribution in [2.75, 3.05) is 37.9 Å². The van der Waals surface area contributed by atoms with Crippen molar-refractivity contribution in [1.82, 2.24) is 15.2 Å². The van der Waals surface area contributed by atoms with Gasteiger partial charge in [0.1, 0.15) is 10.6 Å². The zero-order valence-corrected chi connectivity index (χ0v) is 17.6. The van der Waals surface area contributed by atoms with Crippen molar-refractivity contribution >= 4 is 22.4 Å². The average molecular weight is 405 g/mol. The summed E-state index contributed by atoms with van der Waals surface area (Å²) in [7, 11) is 0. The molecule has 28 heavy (non-hydrogen) atoms. The molecular weight excluding hydrogens is 376 g/mol. The predicted octanol–water partition coefficient (Wildman–Crippen LogP) is 2.73. The summed E-state index contributed by atoms with van der Waals surface area (Å²) in [4.78, 5) is 22.1. The molecule has 1 saturated heterocycles. The largest absolute Gasteiger partial charge is 0.458 e. The molecule has 7 nitrogen and oxygen atoms in total. The Labute approximate surface area is 170 Å². The summed E-state index contributed by atoms with van der Waals surface area (Å²) in [6.45, 7) is 10.4. The lowest BCUT2D eigenvalue weighted by Gasteiger charge is -2.39. The number of aromatic nitrogens is 1. The molecule has 4 rings (SSSR count). The van der Waals surface area contributed by atoms with Crippen molar-refractivity contribution in [3.05, 3.63) is 34.2 Å². The van der Waals surface area contributed by atoms with Crippen LogP contribution >= 0.6 is 11.3 Å². The Hall–Kier alpha value is -2.06. The number of carbonyl (C=O) groups is 1. The highest BCUT2D eigenvalue weighted by Gasteiger charge is 2.28. The van der Waals surface area contributed by atoms with Crippen LogP contribution in [0.2, 0.25) is 0 Å². The fourth-order valence-electron chi connectivity index (χ4n) is 3.85. The lowest BCUT2D eigenvalue weighted by Crippen LogP contribution is -2.50. The molecule has 1 amide bonds. The molecule has 0 saturated carbocycles. The number of carbonyl (C=O) groups excluding carboxylic acids is 1. The SMILES string of the molecule is CC(C)NC(=O)c1cnc(N2CCN(C(C)C3=CC4=C(CC3)OCO4)CC2)s1. The molecule has 2 aliphatic heterocycles. The van der Waals surface area contributed by atoms with Gasteiger partial charge in [0.2, 0.25) is 6.79 Å². The van der Waals surface area contributed by atoms with Gasteiger partial charge in [-0.15, -0.1) is 0 Å². The van der Waals surface area contributed by atoms with Gasteiger partial charge >= 0.3 is 0 Å². The maximum absolute atomic E-state index is 12.1. The Morgan fingerprint density at radius 3 is 2.71 bits per heavy atom. The highest BCUT2D eigenvalue weighted by atomic mass is 32.1. The third-order valence-electron chi connectivity index (χ3n) is 5.49. The molecule has 1 aliphatic carbocycles. The summed E-state index contributed by atoms with van der Waals surface area (Å²) in [6.07, 6.45) is 5.83. The van der Waals surface area contributed by atoms with Crippen LogP contribution in [0.25, 0.3) is 0 Å². The van der Waals surface area contributed by atoms with E-state index in [1.54, 1.807) is 6.20 Å². The molecule has 0 bridgehead atoms. The summed E-state index contributed by atoms with van der Waals surface area (Å²) in [6, 6.07) is 0.522. The van der Waals surface area contributed by atoms with Gasteiger partial charge in [-0.25, -0.2) is 4.98 Å². The zero-order chi connectivity index (χ0) is 19.7. The normalized spacial score (nSPS) is 21.1. The van der Waals surface area contributed by atoms with Crippen LogP contribution in [0.1, 0.15) is 43.3 Å². The fraction of sp³-hybridized carbons (Fsp3) is 0.600. The van der Waals surface area contributed by atoms with Crippen LogP contribution in [0.15, 0.2) is 29.4 Å². The van der Waals surface area contributed by atoms with Gasteiger partial charge in [0, 0.05) is 44.7 Å². The number of anilines is 1. The van der Waals surface area contributed by atoms with Crippen LogP contribution in [-0.2, 0) is 9.47 Å². The van der Waals surface area contributed by atoms with E-state index in [0.717, 1.165) is 55.7 Å². The van der Waals surface area contributed by atoms with E-state index in [0.29, 0.717) is 17.7 Å². The number of ether oxygens (including phenoxy) is 2. The van der Waals surface area contributed by atoms with Gasteiger partial charge in [0.25, 0.3) is 5.91 Å². The van der Waals surface area contributed by atoms with E-state index in [1.807, 2.05) is 13.8 Å². The number of nitrogens with zero attached hydrogens (tertiary/aromatic N) is 3. The van der Waals surface area contributed by atoms with Crippen LogP contribution in [0.4, 0.5) is 5.13 Å². The molecule has 152 valence electrons. The molecule has 3 heterocycles. The van der Waals surface area contributed by atoms with Gasteiger partial charge in [0.15, 0.2) is 10.9 Å². The smallest absolute Gasteiger partial charge is 0.263 e. The lowest BCUT2D eigenvalue weighted by molar-refractivity contribution is 0.0729. The highest BCUT2D eigenvalue weighted by Crippen LogP contribution is 2.33. The monoisotopic (exact) mass is 404 g/mol. The topological polar surface area (TPSA) is 66.9 Å². The second-order valence-electron chi connectivity index (χ2n) is 7.75. The zero-order valence-electron chi connectivity index (χ0n) is 16.7. The molecule has 1 fully saturated rings. The van der Waals surface area contributed by atoms with Crippen LogP contribution in [0.5, 0.6) is 0 Å². The van der Waals surface area contributed by atoms with Crippen molar-refractivity contribution < 1.29 is 14.3 Å². The quantitative estimate of drug-likeness (QED) is 0.814. The van der Waals surface area contributed by atoms with Crippen molar-refractivity contribution in [2.45, 2.75) is 45.7 Å². The number of amides is 1. The summed E-state index contributed by atoms with van der Waals surface area (Å²) in [5, 5.41) is 3.86. The minimum Gasteiger partial charge on any atom is -0.458 e. The summed E-state index contributed by atoms with van der Waals surface area (Å²) in [5.74, 6) is 1.88. The number of hydrogen-bond donors (Lipinski definition) is 1. The molecule has 1 aromatic rings. The van der Waals surface area contributed by atoms with E-state index >= 15 is 0 Å². The van der Waals surface area contributed by atoms with Crippen molar-refractivity contribution in [3.8, 4) is 0 Å². The van der Waals surface area contributed by atoms with E-state index in [9.17, 15) is 4.79 Å². The standard InChI is InChI=1S/C20H28N4O3S/c1-13(2)22-19(25)18-11-21-20(28-18)24-8-6-23(7-9-24)14(3)15-4-5-16-17(10-15)27-12-26-16/h10-11,13-14H,4-9,12H2,1-3H3,(H,22,25). The number of rotatable bonds is 5. The van der Waals surface area contributed by atoms with Gasteiger partial charge < -0.3 is 19.7 Å². The van der Waals surface area contributed by atoms with Gasteiger partial charge in [-0.3, -0.25) is 9.69 Å². The Kier molecular flexibility index (Phi) is 5.59. The molecule has 0 aromatic carbocycles. The van der Waals surface area contributed by atoms with E-state index in [2.05, 4.69) is 33.1 Å². The van der Waals surface area contributed by atoms with Crippen molar-refractivity contribution in [2.24, 2.45) is 0 Å². The first-order chi connectivity index (χ1) is 13.5. The second-order valence-corrected chi connectivity index (χ2v) is 8.76. The maximum Gasteiger partial charge on any atom is 0.263 e. The van der Waals surface area contributed by atoms with Crippen molar-refractivity contribution in [3.63, 3.8) is 0 Å². The number of piperazine rings is 1. The first-order valence-corrected chi connectivity index (χ1v) is 10.8. The third kappa shape index (κ3) is 4.03. The average Bonchev–Trinajstić information content (AvgIpc) is 3.36. The number of nitrogens with one attached hydrogen (secondary N) is 1. The Morgan fingerprint density at radius 1 is 1.18 bits per heavy atom. The van der Waals surface area contributed by atoms with Crippen LogP contribution in [0.3, 0.4) is 0 Å². The summed E-state index contributed by atoms with van der Waals surface area (Å²) < 4.78 is 11.1. The minimum absolute atomic E-state index is 0.0398. The molecule has 1 atom stereocenters. The summed E-state index contributed by atoms with van der Waals surface area (Å²) in [5.41, 5.74) is 1.42. The van der Waals surface area contributed by atoms with Crippen LogP contribution in [0, 0.1) is 0 Å². The van der Waals surface area contributed by atoms with Gasteiger partial charge in [-0.05, 0) is 38.8 Å². The highest BCUT2D eigenvalue weighted by molar-refractivity contribution is 7.17. The Morgan fingerprint density at radius 2 is 1.96 bits per heavy atom. The van der Waals surface area contributed by atoms with E-state index in [1.165, 1.54) is 16.9 Å². The molecule has 0 radical (unpaired) electrons.